The summed E-state index contributed by atoms with van der Waals surface area (Å²) >= 11 is 7.75. The molecule has 1 aliphatic carbocycles. The number of halogens is 1. The van der Waals surface area contributed by atoms with Gasteiger partial charge in [0.2, 0.25) is 0 Å². The highest BCUT2D eigenvalue weighted by molar-refractivity contribution is 7.17. The van der Waals surface area contributed by atoms with Crippen molar-refractivity contribution in [3.63, 3.8) is 0 Å². The molecule has 2 amide bonds. The fourth-order valence-corrected chi connectivity index (χ4v) is 5.87. The lowest BCUT2D eigenvalue weighted by Gasteiger charge is -2.33. The smallest absolute Gasteiger partial charge is 0.262 e. The normalized spacial score (nSPS) is 16.0. The van der Waals surface area contributed by atoms with Crippen LogP contribution in [0.4, 0.5) is 5.00 Å². The number of anilines is 1. The largest absolute Gasteiger partial charge is 0.365 e. The number of aromatic nitrogens is 1. The molecule has 0 unspecified atom stereocenters. The fraction of sp³-hybridized carbons (Fsp3) is 0.375. The second-order valence-corrected chi connectivity index (χ2v) is 10.8. The summed E-state index contributed by atoms with van der Waals surface area (Å²) < 4.78 is 5.32. The zero-order chi connectivity index (χ0) is 23.2. The third kappa shape index (κ3) is 4.07. The Balaban J connectivity index is 1.70. The predicted octanol–water partition coefficient (Wildman–Crippen LogP) is 5.87. The Kier molecular flexibility index (Phi) is 5.90. The van der Waals surface area contributed by atoms with Crippen molar-refractivity contribution in [3.05, 3.63) is 56.6 Å². The van der Waals surface area contributed by atoms with Gasteiger partial charge in [0.25, 0.3) is 11.8 Å². The molecule has 8 heteroatoms. The Hall–Kier alpha value is -2.64. The number of hydrogen-bond acceptors (Lipinski definition) is 5. The van der Waals surface area contributed by atoms with Crippen molar-refractivity contribution in [3.8, 4) is 11.3 Å². The zero-order valence-corrected chi connectivity index (χ0v) is 20.1. The Morgan fingerprint density at radius 2 is 1.97 bits per heavy atom. The van der Waals surface area contributed by atoms with Crippen LogP contribution in [-0.2, 0) is 12.8 Å². The Morgan fingerprint density at radius 3 is 2.62 bits per heavy atom. The van der Waals surface area contributed by atoms with Crippen molar-refractivity contribution in [2.24, 2.45) is 17.1 Å². The van der Waals surface area contributed by atoms with Gasteiger partial charge in [-0.1, -0.05) is 55.7 Å². The Labute approximate surface area is 196 Å². The molecule has 1 aromatic carbocycles. The van der Waals surface area contributed by atoms with Crippen LogP contribution >= 0.6 is 22.9 Å². The van der Waals surface area contributed by atoms with Gasteiger partial charge in [0.05, 0.1) is 10.6 Å². The number of fused-ring (bicyclic) bond motifs is 1. The molecule has 168 valence electrons. The van der Waals surface area contributed by atoms with Gasteiger partial charge in [-0.15, -0.1) is 11.3 Å². The average Bonchev–Trinajstić information content (AvgIpc) is 3.27. The number of nitrogens with one attached hydrogen (secondary N) is 1. The molecule has 4 rings (SSSR count). The van der Waals surface area contributed by atoms with Crippen LogP contribution in [-0.4, -0.2) is 17.0 Å². The molecular formula is C24H26ClN3O3S. The van der Waals surface area contributed by atoms with Crippen LogP contribution in [0.15, 0.2) is 28.8 Å². The number of carbonyl (C=O) groups is 2. The van der Waals surface area contributed by atoms with Crippen molar-refractivity contribution in [1.82, 2.24) is 5.16 Å². The number of hydrogen-bond donors (Lipinski definition) is 2. The summed E-state index contributed by atoms with van der Waals surface area (Å²) in [5.74, 6) is -0.0650. The number of aryl methyl sites for hydroxylation is 1. The number of rotatable bonds is 4. The van der Waals surface area contributed by atoms with E-state index in [2.05, 4.69) is 31.2 Å². The van der Waals surface area contributed by atoms with Crippen molar-refractivity contribution in [2.75, 3.05) is 5.32 Å². The van der Waals surface area contributed by atoms with Crippen LogP contribution in [0.3, 0.4) is 0 Å². The van der Waals surface area contributed by atoms with Crippen molar-refractivity contribution in [1.29, 1.82) is 0 Å². The molecule has 1 aliphatic rings. The van der Waals surface area contributed by atoms with Gasteiger partial charge in [-0.2, -0.15) is 0 Å². The van der Waals surface area contributed by atoms with Crippen molar-refractivity contribution < 1.29 is 14.1 Å². The second-order valence-electron chi connectivity index (χ2n) is 9.27. The molecule has 6 nitrogen and oxygen atoms in total. The van der Waals surface area contributed by atoms with Crippen LogP contribution in [0.2, 0.25) is 5.02 Å². The van der Waals surface area contributed by atoms with Crippen molar-refractivity contribution >= 4 is 39.8 Å². The van der Waals surface area contributed by atoms with E-state index in [0.29, 0.717) is 38.5 Å². The summed E-state index contributed by atoms with van der Waals surface area (Å²) in [6, 6.07) is 7.13. The molecule has 0 saturated carbocycles. The van der Waals surface area contributed by atoms with E-state index in [9.17, 15) is 9.59 Å². The number of amides is 2. The SMILES string of the molecule is Cc1onc(-c2ccccc2Cl)c1C(=O)Nc1sc2c(c1C(N)=O)CC[C@H](C(C)(C)C)C2. The van der Waals surface area contributed by atoms with Gasteiger partial charge < -0.3 is 15.6 Å². The standard InChI is InChI=1S/C24H26ClN3O3S/c1-12-18(20(28-31-12)14-7-5-6-8-16(14)25)22(30)27-23-19(21(26)29)15-10-9-13(24(2,3)4)11-17(15)32-23/h5-8,13H,9-11H2,1-4H3,(H2,26,29)(H,27,30)/t13-/m0/s1. The van der Waals surface area contributed by atoms with Crippen LogP contribution in [0.5, 0.6) is 0 Å². The van der Waals surface area contributed by atoms with E-state index >= 15 is 0 Å². The van der Waals surface area contributed by atoms with E-state index in [1.165, 1.54) is 11.3 Å². The van der Waals surface area contributed by atoms with Crippen molar-refractivity contribution in [2.45, 2.75) is 47.0 Å². The lowest BCUT2D eigenvalue weighted by atomic mass is 9.72. The second kappa shape index (κ2) is 8.37. The highest BCUT2D eigenvalue weighted by Gasteiger charge is 2.34. The zero-order valence-electron chi connectivity index (χ0n) is 18.5. The lowest BCUT2D eigenvalue weighted by molar-refractivity contribution is 0.1000. The summed E-state index contributed by atoms with van der Waals surface area (Å²) in [4.78, 5) is 26.8. The molecule has 0 aliphatic heterocycles. The van der Waals surface area contributed by atoms with Gasteiger partial charge in [0.1, 0.15) is 22.0 Å². The number of nitrogens with two attached hydrogens (primary N) is 1. The van der Waals surface area contributed by atoms with Crippen LogP contribution in [0.25, 0.3) is 11.3 Å². The number of primary amides is 1. The topological polar surface area (TPSA) is 98.2 Å². The number of nitrogens with zero attached hydrogens (tertiary/aromatic N) is 1. The number of carbonyl (C=O) groups excluding carboxylic acids is 2. The minimum Gasteiger partial charge on any atom is -0.365 e. The maximum absolute atomic E-state index is 13.3. The maximum Gasteiger partial charge on any atom is 0.262 e. The first kappa shape index (κ1) is 22.6. The Bertz CT molecular complexity index is 1210. The first-order chi connectivity index (χ1) is 15.1. The molecule has 0 saturated heterocycles. The van der Waals surface area contributed by atoms with Gasteiger partial charge in [0, 0.05) is 10.4 Å². The highest BCUT2D eigenvalue weighted by Crippen LogP contribution is 2.44. The van der Waals surface area contributed by atoms with E-state index in [4.69, 9.17) is 21.9 Å². The lowest BCUT2D eigenvalue weighted by Crippen LogP contribution is -2.27. The van der Waals surface area contributed by atoms with Crippen LogP contribution in [0, 0.1) is 18.3 Å². The summed E-state index contributed by atoms with van der Waals surface area (Å²) in [6.45, 7) is 8.38. The predicted molar refractivity (Wildman–Crippen MR) is 127 cm³/mol. The third-order valence-corrected chi connectivity index (χ3v) is 7.68. The minimum absolute atomic E-state index is 0.168. The monoisotopic (exact) mass is 471 g/mol. The Morgan fingerprint density at radius 1 is 1.25 bits per heavy atom. The van der Waals surface area contributed by atoms with E-state index in [1.807, 2.05) is 6.07 Å². The van der Waals surface area contributed by atoms with Crippen LogP contribution < -0.4 is 11.1 Å². The molecular weight excluding hydrogens is 446 g/mol. The molecule has 1 atom stereocenters. The molecule has 0 fully saturated rings. The first-order valence-electron chi connectivity index (χ1n) is 10.5. The van der Waals surface area contributed by atoms with E-state index < -0.39 is 11.8 Å². The fourth-order valence-electron chi connectivity index (χ4n) is 4.32. The van der Waals surface area contributed by atoms with Crippen LogP contribution in [0.1, 0.15) is 64.1 Å². The molecule has 0 bridgehead atoms. The maximum atomic E-state index is 13.3. The highest BCUT2D eigenvalue weighted by atomic mass is 35.5. The summed E-state index contributed by atoms with van der Waals surface area (Å²) in [5.41, 5.74) is 8.53. The molecule has 3 aromatic rings. The number of thiophene rings is 1. The minimum atomic E-state index is -0.527. The average molecular weight is 472 g/mol. The molecule has 3 N–H and O–H groups in total. The van der Waals surface area contributed by atoms with E-state index in [0.717, 1.165) is 29.7 Å². The van der Waals surface area contributed by atoms with Gasteiger partial charge in [-0.05, 0) is 49.1 Å². The first-order valence-corrected chi connectivity index (χ1v) is 11.7. The van der Waals surface area contributed by atoms with Gasteiger partial charge >= 0.3 is 0 Å². The van der Waals surface area contributed by atoms with Gasteiger partial charge in [-0.25, -0.2) is 0 Å². The van der Waals surface area contributed by atoms with E-state index in [-0.39, 0.29) is 11.0 Å². The molecule has 0 radical (unpaired) electrons. The summed E-state index contributed by atoms with van der Waals surface area (Å²) in [6.07, 6.45) is 2.64. The summed E-state index contributed by atoms with van der Waals surface area (Å²) in [7, 11) is 0. The quantitative estimate of drug-likeness (QED) is 0.497. The molecule has 0 spiro atoms. The molecule has 2 aromatic heterocycles. The van der Waals surface area contributed by atoms with Gasteiger partial charge in [0.15, 0.2) is 0 Å². The van der Waals surface area contributed by atoms with E-state index in [1.54, 1.807) is 25.1 Å². The molecule has 32 heavy (non-hydrogen) atoms. The third-order valence-electron chi connectivity index (χ3n) is 6.18. The van der Waals surface area contributed by atoms with Gasteiger partial charge in [-0.3, -0.25) is 9.59 Å². The molecule has 2 heterocycles. The summed E-state index contributed by atoms with van der Waals surface area (Å²) in [5, 5.41) is 7.92. The number of benzene rings is 1.